The van der Waals surface area contributed by atoms with Crippen LogP contribution in [0.3, 0.4) is 0 Å². The summed E-state index contributed by atoms with van der Waals surface area (Å²) in [7, 11) is 0. The van der Waals surface area contributed by atoms with Crippen LogP contribution in [0.15, 0.2) is 18.2 Å². The molecule has 0 saturated carbocycles. The molecule has 1 atom stereocenters. The molecule has 0 aliphatic heterocycles. The molecule has 0 aromatic heterocycles. The molecule has 0 radical (unpaired) electrons. The Morgan fingerprint density at radius 1 is 1.24 bits per heavy atom. The van der Waals surface area contributed by atoms with Gasteiger partial charge in [-0.15, -0.1) is 0 Å². The van der Waals surface area contributed by atoms with Gasteiger partial charge in [0.05, 0.1) is 10.0 Å². The van der Waals surface area contributed by atoms with E-state index in [4.69, 9.17) is 28.3 Å². The molecule has 1 amide bonds. The van der Waals surface area contributed by atoms with Gasteiger partial charge in [-0.25, -0.2) is 0 Å². The number of aliphatic carboxylic acids is 1. The molecule has 1 aromatic carbocycles. The van der Waals surface area contributed by atoms with Gasteiger partial charge < -0.3 is 10.4 Å². The van der Waals surface area contributed by atoms with E-state index >= 15 is 0 Å². The predicted octanol–water partition coefficient (Wildman–Crippen LogP) is 3.86. The van der Waals surface area contributed by atoms with Crippen LogP contribution in [0.5, 0.6) is 0 Å². The van der Waals surface area contributed by atoms with Crippen LogP contribution in [0, 0.1) is 11.8 Å². The van der Waals surface area contributed by atoms with Crippen molar-refractivity contribution >= 4 is 35.1 Å². The Morgan fingerprint density at radius 2 is 1.90 bits per heavy atom. The lowest BCUT2D eigenvalue weighted by molar-refractivity contribution is -0.138. The highest BCUT2D eigenvalue weighted by Gasteiger charge is 2.17. The Balaban J connectivity index is 2.63. The fraction of sp³-hybridized carbons (Fsp3) is 0.467. The topological polar surface area (TPSA) is 66.4 Å². The average molecular weight is 332 g/mol. The summed E-state index contributed by atoms with van der Waals surface area (Å²) in [5, 5.41) is 12.4. The molecular formula is C15H19Cl2NO3. The first-order chi connectivity index (χ1) is 9.79. The highest BCUT2D eigenvalue weighted by molar-refractivity contribution is 6.42. The minimum absolute atomic E-state index is 0.0415. The van der Waals surface area contributed by atoms with Gasteiger partial charge in [-0.3, -0.25) is 9.59 Å². The zero-order valence-corrected chi connectivity index (χ0v) is 13.5. The van der Waals surface area contributed by atoms with E-state index in [1.165, 1.54) is 6.07 Å². The summed E-state index contributed by atoms with van der Waals surface area (Å²) < 4.78 is 0. The van der Waals surface area contributed by atoms with Crippen molar-refractivity contribution in [2.24, 2.45) is 11.8 Å². The summed E-state index contributed by atoms with van der Waals surface area (Å²) in [5.41, 5.74) is 0.406. The molecule has 0 fully saturated rings. The molecule has 1 rings (SSSR count). The van der Waals surface area contributed by atoms with E-state index in [1.54, 1.807) is 12.1 Å². The van der Waals surface area contributed by atoms with Crippen molar-refractivity contribution in [1.82, 2.24) is 5.32 Å². The molecular weight excluding hydrogens is 313 g/mol. The summed E-state index contributed by atoms with van der Waals surface area (Å²) in [4.78, 5) is 22.9. The van der Waals surface area contributed by atoms with E-state index in [2.05, 4.69) is 5.32 Å². The number of nitrogens with one attached hydrogen (secondary N) is 1. The minimum atomic E-state index is -0.857. The second-order valence-corrected chi connectivity index (χ2v) is 6.25. The Morgan fingerprint density at radius 3 is 2.43 bits per heavy atom. The monoisotopic (exact) mass is 331 g/mol. The van der Waals surface area contributed by atoms with Crippen LogP contribution in [0.25, 0.3) is 0 Å². The quantitative estimate of drug-likeness (QED) is 0.797. The molecule has 6 heteroatoms. The number of carboxylic acids is 1. The first-order valence-corrected chi connectivity index (χ1v) is 7.50. The SMILES string of the molecule is CC(C)CC(CNC(=O)c1ccc(Cl)c(Cl)c1)CC(=O)O. The molecule has 0 aliphatic carbocycles. The van der Waals surface area contributed by atoms with E-state index in [0.29, 0.717) is 28.1 Å². The lowest BCUT2D eigenvalue weighted by Crippen LogP contribution is -2.31. The smallest absolute Gasteiger partial charge is 0.303 e. The van der Waals surface area contributed by atoms with Crippen LogP contribution in [0.4, 0.5) is 0 Å². The summed E-state index contributed by atoms with van der Waals surface area (Å²) >= 11 is 11.7. The Labute approximate surface area is 134 Å². The summed E-state index contributed by atoms with van der Waals surface area (Å²) in [6, 6.07) is 4.63. The van der Waals surface area contributed by atoms with Gasteiger partial charge in [0.1, 0.15) is 0 Å². The zero-order valence-electron chi connectivity index (χ0n) is 12.0. The lowest BCUT2D eigenvalue weighted by atomic mass is 9.94. The third-order valence-electron chi connectivity index (χ3n) is 3.00. The number of carboxylic acid groups (broad SMARTS) is 1. The van der Waals surface area contributed by atoms with E-state index in [9.17, 15) is 9.59 Å². The second kappa shape index (κ2) is 8.25. The van der Waals surface area contributed by atoms with Gasteiger partial charge in [0, 0.05) is 18.5 Å². The van der Waals surface area contributed by atoms with Gasteiger partial charge in [0.2, 0.25) is 0 Å². The van der Waals surface area contributed by atoms with E-state index < -0.39 is 5.97 Å². The van der Waals surface area contributed by atoms with Crippen LogP contribution in [0.1, 0.15) is 37.0 Å². The maximum atomic E-state index is 12.0. The van der Waals surface area contributed by atoms with E-state index in [0.717, 1.165) is 6.42 Å². The van der Waals surface area contributed by atoms with Crippen LogP contribution in [0.2, 0.25) is 10.0 Å². The normalized spacial score (nSPS) is 12.2. The van der Waals surface area contributed by atoms with Crippen molar-refractivity contribution in [1.29, 1.82) is 0 Å². The van der Waals surface area contributed by atoms with E-state index in [-0.39, 0.29) is 18.2 Å². The Hall–Kier alpha value is -1.26. The third-order valence-corrected chi connectivity index (χ3v) is 3.74. The number of carbonyl (C=O) groups is 2. The van der Waals surface area contributed by atoms with Crippen LogP contribution >= 0.6 is 23.2 Å². The Kier molecular flexibility index (Phi) is 6.99. The highest BCUT2D eigenvalue weighted by Crippen LogP contribution is 2.22. The lowest BCUT2D eigenvalue weighted by Gasteiger charge is -2.17. The van der Waals surface area contributed by atoms with Gasteiger partial charge in [-0.2, -0.15) is 0 Å². The van der Waals surface area contributed by atoms with Crippen LogP contribution < -0.4 is 5.32 Å². The van der Waals surface area contributed by atoms with Crippen molar-refractivity contribution in [2.75, 3.05) is 6.54 Å². The maximum absolute atomic E-state index is 12.0. The average Bonchev–Trinajstić information content (AvgIpc) is 2.37. The molecule has 1 aromatic rings. The van der Waals surface area contributed by atoms with Gasteiger partial charge in [-0.05, 0) is 36.5 Å². The summed E-state index contributed by atoms with van der Waals surface area (Å²) in [5.74, 6) is -0.859. The number of carbonyl (C=O) groups excluding carboxylic acids is 1. The maximum Gasteiger partial charge on any atom is 0.303 e. The van der Waals surface area contributed by atoms with E-state index in [1.807, 2.05) is 13.8 Å². The fourth-order valence-electron chi connectivity index (χ4n) is 2.13. The standard InChI is InChI=1S/C15H19Cl2NO3/c1-9(2)5-10(6-14(19)20)8-18-15(21)11-3-4-12(16)13(17)7-11/h3-4,7,9-10H,5-6,8H2,1-2H3,(H,18,21)(H,19,20). The zero-order chi connectivity index (χ0) is 16.0. The van der Waals surface area contributed by atoms with Crippen LogP contribution in [-0.2, 0) is 4.79 Å². The molecule has 116 valence electrons. The van der Waals surface area contributed by atoms with Crippen molar-refractivity contribution in [2.45, 2.75) is 26.7 Å². The second-order valence-electron chi connectivity index (χ2n) is 5.43. The molecule has 0 bridgehead atoms. The molecule has 2 N–H and O–H groups in total. The van der Waals surface area contributed by atoms with Gasteiger partial charge in [0.25, 0.3) is 5.91 Å². The molecule has 4 nitrogen and oxygen atoms in total. The summed E-state index contributed by atoms with van der Waals surface area (Å²) in [6.45, 7) is 4.37. The summed E-state index contributed by atoms with van der Waals surface area (Å²) in [6.07, 6.45) is 0.786. The molecule has 0 aliphatic rings. The molecule has 21 heavy (non-hydrogen) atoms. The van der Waals surface area contributed by atoms with Gasteiger partial charge >= 0.3 is 5.97 Å². The molecule has 1 unspecified atom stereocenters. The fourth-order valence-corrected chi connectivity index (χ4v) is 2.43. The molecule has 0 heterocycles. The predicted molar refractivity (Wildman–Crippen MR) is 84.0 cm³/mol. The van der Waals surface area contributed by atoms with Crippen molar-refractivity contribution in [3.63, 3.8) is 0 Å². The number of rotatable bonds is 7. The number of hydrogen-bond donors (Lipinski definition) is 2. The van der Waals surface area contributed by atoms with Gasteiger partial charge in [-0.1, -0.05) is 37.0 Å². The first kappa shape index (κ1) is 17.8. The number of halogens is 2. The number of benzene rings is 1. The Bertz CT molecular complexity index is 518. The largest absolute Gasteiger partial charge is 0.481 e. The van der Waals surface area contributed by atoms with Crippen molar-refractivity contribution in [3.8, 4) is 0 Å². The highest BCUT2D eigenvalue weighted by atomic mass is 35.5. The van der Waals surface area contributed by atoms with Crippen LogP contribution in [-0.4, -0.2) is 23.5 Å². The number of amides is 1. The molecule has 0 spiro atoms. The molecule has 0 saturated heterocycles. The number of hydrogen-bond acceptors (Lipinski definition) is 2. The van der Waals surface area contributed by atoms with Gasteiger partial charge in [0.15, 0.2) is 0 Å². The minimum Gasteiger partial charge on any atom is -0.481 e. The van der Waals surface area contributed by atoms with Crippen molar-refractivity contribution in [3.05, 3.63) is 33.8 Å². The first-order valence-electron chi connectivity index (χ1n) is 6.74. The van der Waals surface area contributed by atoms with Crippen molar-refractivity contribution < 1.29 is 14.7 Å². The third kappa shape index (κ3) is 6.36.